The summed E-state index contributed by atoms with van der Waals surface area (Å²) in [4.78, 5) is 14.4. The topological polar surface area (TPSA) is 37.4 Å². The Morgan fingerprint density at radius 2 is 1.88 bits per heavy atom. The second-order valence-corrected chi connectivity index (χ2v) is 7.97. The van der Waals surface area contributed by atoms with Gasteiger partial charge >= 0.3 is 0 Å². The SMILES string of the molecule is CN=C(NCC(C)N1CCN(C)CC1)N1CCN(c2cccs2)CC1. The zero-order chi connectivity index (χ0) is 17.6. The monoisotopic (exact) mass is 364 g/mol. The van der Waals surface area contributed by atoms with Crippen LogP contribution in [0, 0.1) is 0 Å². The van der Waals surface area contributed by atoms with Crippen LogP contribution in [0.25, 0.3) is 0 Å². The minimum Gasteiger partial charge on any atom is -0.360 e. The normalized spacial score (nSPS) is 22.3. The van der Waals surface area contributed by atoms with Crippen LogP contribution in [-0.2, 0) is 0 Å². The minimum absolute atomic E-state index is 0.540. The van der Waals surface area contributed by atoms with Crippen LogP contribution in [-0.4, -0.2) is 99.7 Å². The lowest BCUT2D eigenvalue weighted by Gasteiger charge is -2.39. The molecule has 2 aliphatic rings. The molecule has 0 amide bonds. The van der Waals surface area contributed by atoms with Crippen molar-refractivity contribution in [2.45, 2.75) is 13.0 Å². The Hall–Kier alpha value is -1.31. The highest BCUT2D eigenvalue weighted by Gasteiger charge is 2.22. The first kappa shape index (κ1) is 18.5. The lowest BCUT2D eigenvalue weighted by Crippen LogP contribution is -2.55. The number of hydrogen-bond donors (Lipinski definition) is 1. The maximum Gasteiger partial charge on any atom is 0.193 e. The van der Waals surface area contributed by atoms with E-state index in [4.69, 9.17) is 0 Å². The van der Waals surface area contributed by atoms with Gasteiger partial charge in [-0.15, -0.1) is 11.3 Å². The average Bonchev–Trinajstić information content (AvgIpc) is 3.18. The summed E-state index contributed by atoms with van der Waals surface area (Å²) in [6.07, 6.45) is 0. The Morgan fingerprint density at radius 1 is 1.16 bits per heavy atom. The minimum atomic E-state index is 0.540. The largest absolute Gasteiger partial charge is 0.360 e. The summed E-state index contributed by atoms with van der Waals surface area (Å²) in [5.74, 6) is 1.05. The van der Waals surface area contributed by atoms with Crippen molar-refractivity contribution in [2.75, 3.05) is 77.9 Å². The molecule has 140 valence electrons. The number of rotatable bonds is 4. The molecule has 0 aromatic carbocycles. The Kier molecular flexibility index (Phi) is 6.56. The summed E-state index contributed by atoms with van der Waals surface area (Å²) in [7, 11) is 4.10. The summed E-state index contributed by atoms with van der Waals surface area (Å²) in [6.45, 7) is 12.1. The Balaban J connectivity index is 1.44. The van der Waals surface area contributed by atoms with Gasteiger partial charge in [0.1, 0.15) is 0 Å². The molecule has 1 N–H and O–H groups in total. The smallest absolute Gasteiger partial charge is 0.193 e. The summed E-state index contributed by atoms with van der Waals surface area (Å²) in [5.41, 5.74) is 0. The van der Waals surface area contributed by atoms with Gasteiger partial charge in [0.05, 0.1) is 5.00 Å². The van der Waals surface area contributed by atoms with Gasteiger partial charge in [-0.1, -0.05) is 0 Å². The molecule has 2 fully saturated rings. The van der Waals surface area contributed by atoms with Gasteiger partial charge in [0, 0.05) is 72.0 Å². The molecule has 6 nitrogen and oxygen atoms in total. The highest BCUT2D eigenvalue weighted by Crippen LogP contribution is 2.22. The molecule has 0 spiro atoms. The van der Waals surface area contributed by atoms with E-state index < -0.39 is 0 Å². The zero-order valence-corrected chi connectivity index (χ0v) is 16.6. The van der Waals surface area contributed by atoms with E-state index in [1.54, 1.807) is 0 Å². The standard InChI is InChI=1S/C18H32N6S/c1-16(22-8-6-21(3)7-9-22)15-20-18(19-2)24-12-10-23(11-13-24)17-5-4-14-25-17/h4-5,14,16H,6-13,15H2,1-3H3,(H,19,20). The van der Waals surface area contributed by atoms with Crippen molar-refractivity contribution in [3.63, 3.8) is 0 Å². The lowest BCUT2D eigenvalue weighted by molar-refractivity contribution is 0.119. The molecule has 0 radical (unpaired) electrons. The fourth-order valence-corrected chi connectivity index (χ4v) is 4.34. The third-order valence-electron chi connectivity index (χ3n) is 5.33. The van der Waals surface area contributed by atoms with Gasteiger partial charge in [0.25, 0.3) is 0 Å². The van der Waals surface area contributed by atoms with Gasteiger partial charge in [-0.05, 0) is 31.5 Å². The van der Waals surface area contributed by atoms with Gasteiger partial charge in [0.2, 0.25) is 0 Å². The van der Waals surface area contributed by atoms with E-state index in [0.717, 1.165) is 51.8 Å². The molecule has 1 unspecified atom stereocenters. The summed E-state index contributed by atoms with van der Waals surface area (Å²) in [5, 5.41) is 7.14. The van der Waals surface area contributed by atoms with Crippen LogP contribution in [0.2, 0.25) is 0 Å². The van der Waals surface area contributed by atoms with Gasteiger partial charge < -0.3 is 20.0 Å². The van der Waals surface area contributed by atoms with Crippen molar-refractivity contribution in [3.05, 3.63) is 17.5 Å². The predicted molar refractivity (Wildman–Crippen MR) is 108 cm³/mol. The molecule has 2 saturated heterocycles. The highest BCUT2D eigenvalue weighted by atomic mass is 32.1. The summed E-state index contributed by atoms with van der Waals surface area (Å²) >= 11 is 1.83. The molecule has 0 aliphatic carbocycles. The molecule has 2 aliphatic heterocycles. The lowest BCUT2D eigenvalue weighted by atomic mass is 10.2. The number of nitrogens with one attached hydrogen (secondary N) is 1. The number of guanidine groups is 1. The molecule has 1 atom stereocenters. The van der Waals surface area contributed by atoms with Crippen LogP contribution in [0.4, 0.5) is 5.00 Å². The van der Waals surface area contributed by atoms with Gasteiger partial charge in [-0.25, -0.2) is 0 Å². The molecule has 0 saturated carbocycles. The number of nitrogens with zero attached hydrogens (tertiary/aromatic N) is 5. The van der Waals surface area contributed by atoms with E-state index in [1.807, 2.05) is 18.4 Å². The maximum atomic E-state index is 4.52. The van der Waals surface area contributed by atoms with Crippen LogP contribution >= 0.6 is 11.3 Å². The number of anilines is 1. The second-order valence-electron chi connectivity index (χ2n) is 7.04. The van der Waals surface area contributed by atoms with Crippen LogP contribution in [0.15, 0.2) is 22.5 Å². The number of likely N-dealkylation sites (N-methyl/N-ethyl adjacent to an activating group) is 1. The van der Waals surface area contributed by atoms with Crippen LogP contribution in [0.5, 0.6) is 0 Å². The van der Waals surface area contributed by atoms with E-state index >= 15 is 0 Å². The number of aliphatic imine (C=N–C) groups is 1. The van der Waals surface area contributed by atoms with Crippen molar-refractivity contribution < 1.29 is 0 Å². The number of hydrogen-bond acceptors (Lipinski definition) is 5. The first-order valence-electron chi connectivity index (χ1n) is 9.34. The first-order chi connectivity index (χ1) is 12.2. The van der Waals surface area contributed by atoms with E-state index in [1.165, 1.54) is 18.1 Å². The molecule has 7 heteroatoms. The van der Waals surface area contributed by atoms with Gasteiger partial charge in [-0.3, -0.25) is 9.89 Å². The van der Waals surface area contributed by atoms with Crippen molar-refractivity contribution in [1.82, 2.24) is 20.0 Å². The molecule has 1 aromatic rings. The number of piperazine rings is 2. The third kappa shape index (κ3) is 4.86. The van der Waals surface area contributed by atoms with Crippen molar-refractivity contribution >= 4 is 22.3 Å². The van der Waals surface area contributed by atoms with Crippen molar-refractivity contribution in [3.8, 4) is 0 Å². The van der Waals surface area contributed by atoms with E-state index in [0.29, 0.717) is 6.04 Å². The van der Waals surface area contributed by atoms with Crippen LogP contribution < -0.4 is 10.2 Å². The zero-order valence-electron chi connectivity index (χ0n) is 15.8. The van der Waals surface area contributed by atoms with E-state index in [-0.39, 0.29) is 0 Å². The molecule has 3 rings (SSSR count). The van der Waals surface area contributed by atoms with E-state index in [9.17, 15) is 0 Å². The van der Waals surface area contributed by atoms with Crippen LogP contribution in [0.3, 0.4) is 0 Å². The summed E-state index contributed by atoms with van der Waals surface area (Å²) in [6, 6.07) is 4.88. The maximum absolute atomic E-state index is 4.52. The Bertz CT molecular complexity index is 530. The third-order valence-corrected chi connectivity index (χ3v) is 6.25. The Morgan fingerprint density at radius 3 is 2.48 bits per heavy atom. The van der Waals surface area contributed by atoms with Crippen LogP contribution in [0.1, 0.15) is 6.92 Å². The predicted octanol–water partition coefficient (Wildman–Crippen LogP) is 1.08. The molecule has 3 heterocycles. The first-order valence-corrected chi connectivity index (χ1v) is 10.2. The highest BCUT2D eigenvalue weighted by molar-refractivity contribution is 7.14. The molecular formula is C18H32N6S. The molecule has 0 bridgehead atoms. The van der Waals surface area contributed by atoms with Gasteiger partial charge in [0.15, 0.2) is 5.96 Å². The second kappa shape index (κ2) is 8.87. The molecular weight excluding hydrogens is 332 g/mol. The van der Waals surface area contributed by atoms with Crippen molar-refractivity contribution in [2.24, 2.45) is 4.99 Å². The molecule has 25 heavy (non-hydrogen) atoms. The average molecular weight is 365 g/mol. The molecule has 1 aromatic heterocycles. The quantitative estimate of drug-likeness (QED) is 0.639. The van der Waals surface area contributed by atoms with Gasteiger partial charge in [-0.2, -0.15) is 0 Å². The van der Waals surface area contributed by atoms with E-state index in [2.05, 4.69) is 61.4 Å². The Labute approximate surface area is 156 Å². The fourth-order valence-electron chi connectivity index (χ4n) is 3.55. The van der Waals surface area contributed by atoms with Crippen molar-refractivity contribution in [1.29, 1.82) is 0 Å². The summed E-state index contributed by atoms with van der Waals surface area (Å²) < 4.78 is 0. The fraction of sp³-hybridized carbons (Fsp3) is 0.722. The number of thiophene rings is 1.